The maximum atomic E-state index is 5.82. The second-order valence-corrected chi connectivity index (χ2v) is 5.36. The van der Waals surface area contributed by atoms with Gasteiger partial charge in [0.05, 0.1) is 18.2 Å². The number of nitrogens with one attached hydrogen (secondary N) is 1. The topological polar surface area (TPSA) is 60.2 Å². The summed E-state index contributed by atoms with van der Waals surface area (Å²) in [6.07, 6.45) is 5.71. The molecule has 0 aromatic carbocycles. The highest BCUT2D eigenvalue weighted by Crippen LogP contribution is 2.21. The molecule has 3 atom stereocenters. The van der Waals surface area contributed by atoms with E-state index in [-0.39, 0.29) is 6.10 Å². The number of thiazole rings is 1. The van der Waals surface area contributed by atoms with Crippen LogP contribution in [0.25, 0.3) is 0 Å². The van der Waals surface area contributed by atoms with E-state index in [2.05, 4.69) is 17.2 Å². The van der Waals surface area contributed by atoms with Crippen LogP contribution in [-0.4, -0.2) is 30.3 Å². The highest BCUT2D eigenvalue weighted by atomic mass is 32.1. The van der Waals surface area contributed by atoms with E-state index >= 15 is 0 Å². The first-order valence-corrected chi connectivity index (χ1v) is 7.19. The summed E-state index contributed by atoms with van der Waals surface area (Å²) < 4.78 is 5.82. The van der Waals surface area contributed by atoms with Crippen molar-refractivity contribution in [3.05, 3.63) is 16.6 Å². The average Bonchev–Trinajstić information content (AvgIpc) is 3.00. The third kappa shape index (κ3) is 3.48. The lowest BCUT2D eigenvalue weighted by atomic mass is 10.2. The normalized spacial score (nSPS) is 26.2. The monoisotopic (exact) mass is 255 g/mol. The van der Waals surface area contributed by atoms with Gasteiger partial charge in [0.2, 0.25) is 0 Å². The van der Waals surface area contributed by atoms with Gasteiger partial charge in [0.1, 0.15) is 5.01 Å². The van der Waals surface area contributed by atoms with Crippen molar-refractivity contribution in [2.45, 2.75) is 44.4 Å². The van der Waals surface area contributed by atoms with Crippen molar-refractivity contribution >= 4 is 11.3 Å². The number of nitrogens with zero attached hydrogens (tertiary/aromatic N) is 1. The first-order valence-electron chi connectivity index (χ1n) is 6.31. The largest absolute Gasteiger partial charge is 0.372 e. The van der Waals surface area contributed by atoms with Crippen LogP contribution < -0.4 is 11.1 Å². The molecule has 1 fully saturated rings. The van der Waals surface area contributed by atoms with E-state index in [4.69, 9.17) is 10.5 Å². The van der Waals surface area contributed by atoms with Crippen LogP contribution in [0, 0.1) is 0 Å². The van der Waals surface area contributed by atoms with Gasteiger partial charge in [-0.3, -0.25) is 0 Å². The smallest absolute Gasteiger partial charge is 0.109 e. The molecule has 1 saturated heterocycles. The Kier molecular flexibility index (Phi) is 4.91. The van der Waals surface area contributed by atoms with Gasteiger partial charge in [-0.1, -0.05) is 6.92 Å². The Morgan fingerprint density at radius 2 is 2.41 bits per heavy atom. The van der Waals surface area contributed by atoms with Crippen molar-refractivity contribution in [3.63, 3.8) is 0 Å². The minimum Gasteiger partial charge on any atom is -0.372 e. The number of rotatable bonds is 6. The molecule has 0 radical (unpaired) electrons. The lowest BCUT2D eigenvalue weighted by molar-refractivity contribution is 0.0488. The summed E-state index contributed by atoms with van der Waals surface area (Å²) in [6.45, 7) is 3.71. The fourth-order valence-electron chi connectivity index (χ4n) is 2.19. The number of hydrogen-bond acceptors (Lipinski definition) is 5. The van der Waals surface area contributed by atoms with Crippen LogP contribution in [-0.2, 0) is 4.74 Å². The summed E-state index contributed by atoms with van der Waals surface area (Å²) in [6, 6.07) is 0.357. The van der Waals surface area contributed by atoms with Crippen LogP contribution in [0.5, 0.6) is 0 Å². The first kappa shape index (κ1) is 13.0. The molecule has 3 unspecified atom stereocenters. The molecular formula is C12H21N3OS. The summed E-state index contributed by atoms with van der Waals surface area (Å²) >= 11 is 1.71. The fourth-order valence-corrected chi connectivity index (χ4v) is 2.99. The third-order valence-electron chi connectivity index (χ3n) is 3.21. The van der Waals surface area contributed by atoms with E-state index in [1.54, 1.807) is 11.3 Å². The highest BCUT2D eigenvalue weighted by molar-refractivity contribution is 7.09. The van der Waals surface area contributed by atoms with Crippen LogP contribution in [0.15, 0.2) is 11.6 Å². The molecule has 0 aliphatic carbocycles. The molecule has 2 rings (SSSR count). The van der Waals surface area contributed by atoms with E-state index in [1.807, 2.05) is 11.6 Å². The van der Waals surface area contributed by atoms with Gasteiger partial charge in [-0.05, 0) is 19.3 Å². The molecule has 4 nitrogen and oxygen atoms in total. The Labute approximate surface area is 107 Å². The number of hydrogen-bond donors (Lipinski definition) is 2. The quantitative estimate of drug-likeness (QED) is 0.812. The van der Waals surface area contributed by atoms with Crippen LogP contribution in [0.3, 0.4) is 0 Å². The van der Waals surface area contributed by atoms with E-state index in [9.17, 15) is 0 Å². The molecular weight excluding hydrogens is 234 g/mol. The first-order chi connectivity index (χ1) is 8.33. The Morgan fingerprint density at radius 3 is 3.00 bits per heavy atom. The Balaban J connectivity index is 1.77. The van der Waals surface area contributed by atoms with Gasteiger partial charge in [-0.25, -0.2) is 4.98 Å². The van der Waals surface area contributed by atoms with Gasteiger partial charge in [-0.2, -0.15) is 0 Å². The van der Waals surface area contributed by atoms with E-state index in [0.717, 1.165) is 25.8 Å². The van der Waals surface area contributed by atoms with Crippen molar-refractivity contribution in [2.24, 2.45) is 5.73 Å². The Morgan fingerprint density at radius 1 is 1.59 bits per heavy atom. The van der Waals surface area contributed by atoms with Crippen LogP contribution in [0.2, 0.25) is 0 Å². The van der Waals surface area contributed by atoms with E-state index in [1.165, 1.54) is 5.01 Å². The van der Waals surface area contributed by atoms with Gasteiger partial charge in [-0.15, -0.1) is 11.3 Å². The maximum absolute atomic E-state index is 5.82. The molecule has 2 heterocycles. The molecule has 96 valence electrons. The molecule has 0 amide bonds. The molecule has 5 heteroatoms. The molecule has 1 aromatic heterocycles. The number of aromatic nitrogens is 1. The van der Waals surface area contributed by atoms with Crippen LogP contribution in [0.1, 0.15) is 37.2 Å². The Bertz CT molecular complexity index is 318. The summed E-state index contributed by atoms with van der Waals surface area (Å²) in [5.41, 5.74) is 5.60. The average molecular weight is 255 g/mol. The van der Waals surface area contributed by atoms with Crippen molar-refractivity contribution in [2.75, 3.05) is 13.1 Å². The lowest BCUT2D eigenvalue weighted by Crippen LogP contribution is -2.31. The summed E-state index contributed by atoms with van der Waals surface area (Å²) in [7, 11) is 0. The Hall–Kier alpha value is -0.490. The van der Waals surface area contributed by atoms with E-state index < -0.39 is 0 Å². The summed E-state index contributed by atoms with van der Waals surface area (Å²) in [5.74, 6) is 0. The second kappa shape index (κ2) is 6.44. The minimum absolute atomic E-state index is 0.265. The third-order valence-corrected chi connectivity index (χ3v) is 4.10. The predicted octanol–water partition coefficient (Wildman–Crippen LogP) is 1.69. The molecule has 1 aliphatic heterocycles. The van der Waals surface area contributed by atoms with Crippen LogP contribution >= 0.6 is 11.3 Å². The zero-order valence-corrected chi connectivity index (χ0v) is 11.1. The van der Waals surface area contributed by atoms with Crippen molar-refractivity contribution in [3.8, 4) is 0 Å². The zero-order chi connectivity index (χ0) is 12.1. The molecule has 17 heavy (non-hydrogen) atoms. The predicted molar refractivity (Wildman–Crippen MR) is 70.1 cm³/mol. The van der Waals surface area contributed by atoms with Gasteiger partial charge in [0.25, 0.3) is 0 Å². The zero-order valence-electron chi connectivity index (χ0n) is 10.3. The minimum atomic E-state index is 0.265. The van der Waals surface area contributed by atoms with Gasteiger partial charge in [0.15, 0.2) is 0 Å². The van der Waals surface area contributed by atoms with E-state index in [0.29, 0.717) is 18.7 Å². The summed E-state index contributed by atoms with van der Waals surface area (Å²) in [5, 5.41) is 6.73. The lowest BCUT2D eigenvalue weighted by Gasteiger charge is -2.18. The van der Waals surface area contributed by atoms with Crippen molar-refractivity contribution in [1.29, 1.82) is 0 Å². The van der Waals surface area contributed by atoms with Gasteiger partial charge in [0, 0.05) is 24.7 Å². The van der Waals surface area contributed by atoms with Crippen molar-refractivity contribution in [1.82, 2.24) is 10.3 Å². The molecule has 3 N–H and O–H groups in total. The SMILES string of the molecule is CCC(NCC1CCC(CN)O1)c1nccs1. The standard InChI is InChI=1S/C12H21N3OS/c1-2-11(12-14-5-6-17-12)15-8-10-4-3-9(7-13)16-10/h5-6,9-11,15H,2-4,7-8,13H2,1H3. The molecule has 0 spiro atoms. The van der Waals surface area contributed by atoms with Gasteiger partial charge >= 0.3 is 0 Å². The van der Waals surface area contributed by atoms with Crippen LogP contribution in [0.4, 0.5) is 0 Å². The molecule has 1 aromatic rings. The second-order valence-electron chi connectivity index (χ2n) is 4.43. The molecule has 0 bridgehead atoms. The number of nitrogens with two attached hydrogens (primary N) is 1. The maximum Gasteiger partial charge on any atom is 0.109 e. The fraction of sp³-hybridized carbons (Fsp3) is 0.750. The van der Waals surface area contributed by atoms with Gasteiger partial charge < -0.3 is 15.8 Å². The summed E-state index contributed by atoms with van der Waals surface area (Å²) in [4.78, 5) is 4.36. The molecule has 0 saturated carbocycles. The highest BCUT2D eigenvalue weighted by Gasteiger charge is 2.24. The van der Waals surface area contributed by atoms with Crippen molar-refractivity contribution < 1.29 is 4.74 Å². The number of ether oxygens (including phenoxy) is 1. The molecule has 1 aliphatic rings.